The molecular formula is C28H30N2O4S2. The summed E-state index contributed by atoms with van der Waals surface area (Å²) in [6.45, 7) is -0.142. The molecule has 36 heavy (non-hydrogen) atoms. The molecule has 0 amide bonds. The third-order valence-corrected chi connectivity index (χ3v) is 8.88. The predicted octanol–water partition coefficient (Wildman–Crippen LogP) is 6.25. The van der Waals surface area contributed by atoms with Crippen LogP contribution in [0.4, 0.5) is 0 Å². The molecule has 0 aromatic heterocycles. The third kappa shape index (κ3) is 6.48. The smallest absolute Gasteiger partial charge is 0.169 e. The standard InChI is InChI=1S/C28H30N2O4S2/c1-32-22-13-21(24(17-29)30-25(18-31)19-7-4-3-5-8-19)14-23(16-22)34-27-15-20(9-10-26(27)33-2)28-35-11-6-12-36-28/h3-5,7-10,13-16,24-25,28,30-31H,6,11-12,18H2,1-2H3/t24-,25-/m0/s1. The normalized spacial score (nSPS) is 15.5. The Morgan fingerprint density at radius 3 is 2.36 bits per heavy atom. The molecule has 0 spiro atoms. The van der Waals surface area contributed by atoms with Crippen molar-refractivity contribution in [1.82, 2.24) is 5.32 Å². The molecule has 8 heteroatoms. The van der Waals surface area contributed by atoms with Crippen molar-refractivity contribution in [3.05, 3.63) is 83.4 Å². The van der Waals surface area contributed by atoms with E-state index in [2.05, 4.69) is 17.5 Å². The van der Waals surface area contributed by atoms with Gasteiger partial charge in [-0.15, -0.1) is 23.5 Å². The third-order valence-electron chi connectivity index (χ3n) is 5.87. The molecule has 1 aliphatic rings. The first-order valence-electron chi connectivity index (χ1n) is 11.7. The van der Waals surface area contributed by atoms with Crippen LogP contribution in [0.25, 0.3) is 0 Å². The minimum absolute atomic E-state index is 0.142. The quantitative estimate of drug-likeness (QED) is 0.323. The largest absolute Gasteiger partial charge is 0.497 e. The van der Waals surface area contributed by atoms with Crippen LogP contribution in [-0.2, 0) is 0 Å². The molecule has 1 heterocycles. The summed E-state index contributed by atoms with van der Waals surface area (Å²) in [5, 5.41) is 23.2. The lowest BCUT2D eigenvalue weighted by Gasteiger charge is -2.23. The van der Waals surface area contributed by atoms with E-state index in [-0.39, 0.29) is 6.61 Å². The number of thioether (sulfide) groups is 2. The highest BCUT2D eigenvalue weighted by Gasteiger charge is 2.21. The van der Waals surface area contributed by atoms with Gasteiger partial charge in [0.2, 0.25) is 0 Å². The molecule has 0 saturated carbocycles. The van der Waals surface area contributed by atoms with Gasteiger partial charge in [0.1, 0.15) is 17.5 Å². The van der Waals surface area contributed by atoms with Crippen LogP contribution < -0.4 is 19.5 Å². The second kappa shape index (κ2) is 12.9. The number of aliphatic hydroxyl groups is 1. The van der Waals surface area contributed by atoms with Gasteiger partial charge in [-0.1, -0.05) is 36.4 Å². The Morgan fingerprint density at radius 2 is 1.69 bits per heavy atom. The Labute approximate surface area is 221 Å². The summed E-state index contributed by atoms with van der Waals surface area (Å²) in [5.74, 6) is 4.65. The lowest BCUT2D eigenvalue weighted by Crippen LogP contribution is -2.28. The first kappa shape index (κ1) is 26.2. The van der Waals surface area contributed by atoms with Gasteiger partial charge in [0.05, 0.1) is 37.5 Å². The molecule has 1 aliphatic heterocycles. The van der Waals surface area contributed by atoms with Crippen LogP contribution in [0.15, 0.2) is 66.7 Å². The summed E-state index contributed by atoms with van der Waals surface area (Å²) < 4.78 is 17.8. The fourth-order valence-electron chi connectivity index (χ4n) is 4.01. The molecule has 0 bridgehead atoms. The van der Waals surface area contributed by atoms with E-state index in [0.29, 0.717) is 33.1 Å². The van der Waals surface area contributed by atoms with Crippen LogP contribution in [0.2, 0.25) is 0 Å². The van der Waals surface area contributed by atoms with Crippen molar-refractivity contribution in [1.29, 1.82) is 5.26 Å². The maximum Gasteiger partial charge on any atom is 0.169 e. The van der Waals surface area contributed by atoms with E-state index in [0.717, 1.165) is 17.1 Å². The Kier molecular flexibility index (Phi) is 9.42. The first-order chi connectivity index (χ1) is 17.6. The van der Waals surface area contributed by atoms with Crippen molar-refractivity contribution in [3.63, 3.8) is 0 Å². The van der Waals surface area contributed by atoms with Crippen LogP contribution in [0.5, 0.6) is 23.0 Å². The summed E-state index contributed by atoms with van der Waals surface area (Å²) >= 11 is 3.90. The number of methoxy groups -OCH3 is 2. The summed E-state index contributed by atoms with van der Waals surface area (Å²) in [7, 11) is 3.20. The molecule has 188 valence electrons. The van der Waals surface area contributed by atoms with Crippen molar-refractivity contribution in [2.45, 2.75) is 23.1 Å². The van der Waals surface area contributed by atoms with E-state index < -0.39 is 12.1 Å². The van der Waals surface area contributed by atoms with Gasteiger partial charge in [-0.3, -0.25) is 5.32 Å². The fourth-order valence-corrected chi connectivity index (χ4v) is 6.89. The molecule has 1 saturated heterocycles. The van der Waals surface area contributed by atoms with Crippen molar-refractivity contribution in [3.8, 4) is 29.1 Å². The van der Waals surface area contributed by atoms with E-state index >= 15 is 0 Å². The maximum atomic E-state index is 9.98. The van der Waals surface area contributed by atoms with Crippen molar-refractivity contribution >= 4 is 23.5 Å². The van der Waals surface area contributed by atoms with Gasteiger partial charge < -0.3 is 19.3 Å². The van der Waals surface area contributed by atoms with Gasteiger partial charge in [0, 0.05) is 6.07 Å². The van der Waals surface area contributed by atoms with Crippen LogP contribution in [0.3, 0.4) is 0 Å². The van der Waals surface area contributed by atoms with Crippen LogP contribution >= 0.6 is 23.5 Å². The highest BCUT2D eigenvalue weighted by atomic mass is 32.2. The number of nitriles is 1. The highest BCUT2D eigenvalue weighted by molar-refractivity contribution is 8.16. The minimum atomic E-state index is -0.692. The highest BCUT2D eigenvalue weighted by Crippen LogP contribution is 2.46. The van der Waals surface area contributed by atoms with E-state index in [1.807, 2.05) is 72.1 Å². The van der Waals surface area contributed by atoms with Gasteiger partial charge in [-0.25, -0.2) is 0 Å². The zero-order valence-corrected chi connectivity index (χ0v) is 22.0. The second-order valence-corrected chi connectivity index (χ2v) is 11.0. The number of nitrogens with one attached hydrogen (secondary N) is 1. The lowest BCUT2D eigenvalue weighted by atomic mass is 10.0. The van der Waals surface area contributed by atoms with Crippen molar-refractivity contribution < 1.29 is 19.3 Å². The summed E-state index contributed by atoms with van der Waals surface area (Å²) in [6, 6.07) is 22.3. The first-order valence-corrected chi connectivity index (χ1v) is 13.8. The van der Waals surface area contributed by atoms with Gasteiger partial charge in [-0.05, 0) is 58.9 Å². The van der Waals surface area contributed by atoms with E-state index in [1.165, 1.54) is 12.0 Å². The van der Waals surface area contributed by atoms with Crippen molar-refractivity contribution in [2.24, 2.45) is 0 Å². The number of aliphatic hydroxyl groups excluding tert-OH is 1. The lowest BCUT2D eigenvalue weighted by molar-refractivity contribution is 0.239. The average Bonchev–Trinajstić information content (AvgIpc) is 2.94. The molecule has 1 fully saturated rings. The Bertz CT molecular complexity index is 1180. The number of ether oxygens (including phenoxy) is 3. The minimum Gasteiger partial charge on any atom is -0.497 e. The molecule has 0 unspecified atom stereocenters. The van der Waals surface area contributed by atoms with Crippen LogP contribution in [0.1, 0.15) is 39.8 Å². The van der Waals surface area contributed by atoms with Gasteiger partial charge in [0.25, 0.3) is 0 Å². The SMILES string of the molecule is COc1cc(Oc2cc(C3SCCCS3)ccc2OC)cc([C@H](C#N)N[C@@H](CO)c2ccccc2)c1. The van der Waals surface area contributed by atoms with E-state index in [4.69, 9.17) is 14.2 Å². The molecule has 2 N–H and O–H groups in total. The number of nitrogens with zero attached hydrogens (tertiary/aromatic N) is 1. The van der Waals surface area contributed by atoms with Gasteiger partial charge in [-0.2, -0.15) is 5.26 Å². The second-order valence-electron chi connectivity index (χ2n) is 8.26. The number of benzene rings is 3. The topological polar surface area (TPSA) is 83.7 Å². The Balaban J connectivity index is 1.62. The predicted molar refractivity (Wildman–Crippen MR) is 146 cm³/mol. The van der Waals surface area contributed by atoms with Crippen LogP contribution in [0, 0.1) is 11.3 Å². The number of hydrogen-bond acceptors (Lipinski definition) is 8. The zero-order valence-electron chi connectivity index (χ0n) is 20.3. The number of rotatable bonds is 10. The van der Waals surface area contributed by atoms with Crippen LogP contribution in [-0.4, -0.2) is 37.4 Å². The number of hydrogen-bond donors (Lipinski definition) is 2. The Hall–Kier alpha value is -2.83. The monoisotopic (exact) mass is 522 g/mol. The van der Waals surface area contributed by atoms with Crippen molar-refractivity contribution in [2.75, 3.05) is 32.3 Å². The average molecular weight is 523 g/mol. The molecule has 2 atom stereocenters. The molecule has 4 rings (SSSR count). The van der Waals surface area contributed by atoms with E-state index in [9.17, 15) is 10.4 Å². The summed E-state index contributed by atoms with van der Waals surface area (Å²) in [4.78, 5) is 0. The molecule has 0 aliphatic carbocycles. The maximum absolute atomic E-state index is 9.98. The Morgan fingerprint density at radius 1 is 0.944 bits per heavy atom. The van der Waals surface area contributed by atoms with Gasteiger partial charge >= 0.3 is 0 Å². The summed E-state index contributed by atoms with van der Waals surface area (Å²) in [6.07, 6.45) is 1.23. The van der Waals surface area contributed by atoms with Gasteiger partial charge in [0.15, 0.2) is 11.5 Å². The summed E-state index contributed by atoms with van der Waals surface area (Å²) in [5.41, 5.74) is 2.77. The fraction of sp³-hybridized carbons (Fsp3) is 0.321. The molecule has 6 nitrogen and oxygen atoms in total. The zero-order chi connectivity index (χ0) is 25.3. The molecule has 3 aromatic rings. The van der Waals surface area contributed by atoms with E-state index in [1.54, 1.807) is 26.4 Å². The molecule has 0 radical (unpaired) electrons. The molecular weight excluding hydrogens is 492 g/mol. The molecule has 3 aromatic carbocycles.